The number of hydrogen-bond acceptors (Lipinski definition) is 4. The number of nitrogens with zero attached hydrogens (tertiary/aromatic N) is 2. The van der Waals surface area contributed by atoms with Gasteiger partial charge in [-0.3, -0.25) is 4.57 Å². The Morgan fingerprint density at radius 3 is 2.94 bits per heavy atom. The molecule has 3 N–H and O–H groups in total. The maximum absolute atomic E-state index is 13.4. The lowest BCUT2D eigenvalue weighted by Crippen LogP contribution is -2.26. The zero-order valence-electron chi connectivity index (χ0n) is 8.71. The lowest BCUT2D eigenvalue weighted by atomic mass is 10.1. The van der Waals surface area contributed by atoms with Crippen molar-refractivity contribution in [1.82, 2.24) is 9.55 Å². The molecule has 0 bridgehead atoms. The van der Waals surface area contributed by atoms with Crippen molar-refractivity contribution in [3.05, 3.63) is 22.7 Å². The van der Waals surface area contributed by atoms with Crippen LogP contribution >= 0.6 is 0 Å². The Hall–Kier alpha value is -1.43. The first-order chi connectivity index (χ1) is 7.61. The van der Waals surface area contributed by atoms with Gasteiger partial charge in [0.05, 0.1) is 0 Å². The van der Waals surface area contributed by atoms with Gasteiger partial charge in [0.2, 0.25) is 0 Å². The highest BCUT2D eigenvalue weighted by atomic mass is 19.1. The van der Waals surface area contributed by atoms with Gasteiger partial charge in [0.15, 0.2) is 0 Å². The molecular weight excluding hydrogens is 213 g/mol. The number of nitrogens with two attached hydrogens (primary N) is 1. The van der Waals surface area contributed by atoms with E-state index < -0.39 is 11.9 Å². The molecule has 1 fully saturated rings. The first-order valence-corrected chi connectivity index (χ1v) is 5.21. The summed E-state index contributed by atoms with van der Waals surface area (Å²) in [6.45, 7) is -0.186. The summed E-state index contributed by atoms with van der Waals surface area (Å²) >= 11 is 0. The van der Waals surface area contributed by atoms with E-state index in [2.05, 4.69) is 4.98 Å². The normalized spacial score (nSPS) is 29.5. The van der Waals surface area contributed by atoms with E-state index in [0.29, 0.717) is 6.42 Å². The first kappa shape index (κ1) is 11.1. The van der Waals surface area contributed by atoms with Gasteiger partial charge in [-0.15, -0.1) is 0 Å². The second kappa shape index (κ2) is 4.21. The molecule has 88 valence electrons. The van der Waals surface area contributed by atoms with Crippen LogP contribution in [0, 0.1) is 5.92 Å². The standard InChI is InChI=1S/C10H14FN3O2/c11-8-4-7(3-6(8)5-15)14-2-1-9(12)13-10(14)16/h1-2,6-8,15H,3-5H2,(H2,12,13,16). The van der Waals surface area contributed by atoms with Crippen molar-refractivity contribution in [1.29, 1.82) is 0 Å². The minimum absolute atomic E-state index is 0.162. The number of anilines is 1. The monoisotopic (exact) mass is 227 g/mol. The van der Waals surface area contributed by atoms with Gasteiger partial charge in [0.25, 0.3) is 0 Å². The van der Waals surface area contributed by atoms with Crippen LogP contribution < -0.4 is 11.4 Å². The molecule has 1 saturated carbocycles. The lowest BCUT2D eigenvalue weighted by molar-refractivity contribution is 0.162. The third kappa shape index (κ3) is 1.92. The maximum atomic E-state index is 13.4. The van der Waals surface area contributed by atoms with Crippen molar-refractivity contribution in [3.8, 4) is 0 Å². The second-order valence-corrected chi connectivity index (χ2v) is 4.13. The van der Waals surface area contributed by atoms with Crippen molar-refractivity contribution < 1.29 is 9.50 Å². The van der Waals surface area contributed by atoms with E-state index in [1.54, 1.807) is 0 Å². The van der Waals surface area contributed by atoms with Gasteiger partial charge in [0.1, 0.15) is 12.0 Å². The van der Waals surface area contributed by atoms with Crippen molar-refractivity contribution in [3.63, 3.8) is 0 Å². The van der Waals surface area contributed by atoms with Crippen LogP contribution in [0.25, 0.3) is 0 Å². The zero-order valence-corrected chi connectivity index (χ0v) is 8.71. The number of nitrogen functional groups attached to an aromatic ring is 1. The van der Waals surface area contributed by atoms with Crippen LogP contribution in [0.5, 0.6) is 0 Å². The molecule has 2 rings (SSSR count). The molecule has 0 amide bonds. The number of hydrogen-bond donors (Lipinski definition) is 2. The Balaban J connectivity index is 2.23. The molecular formula is C10H14FN3O2. The summed E-state index contributed by atoms with van der Waals surface area (Å²) in [4.78, 5) is 15.1. The summed E-state index contributed by atoms with van der Waals surface area (Å²) in [5.74, 6) is -0.218. The number of halogens is 1. The van der Waals surface area contributed by atoms with Crippen LogP contribution in [0.2, 0.25) is 0 Å². The van der Waals surface area contributed by atoms with Crippen LogP contribution in [-0.4, -0.2) is 27.4 Å². The van der Waals surface area contributed by atoms with Crippen LogP contribution in [0.1, 0.15) is 18.9 Å². The van der Waals surface area contributed by atoms with Gasteiger partial charge < -0.3 is 10.8 Å². The predicted molar refractivity (Wildman–Crippen MR) is 56.7 cm³/mol. The van der Waals surface area contributed by atoms with E-state index >= 15 is 0 Å². The summed E-state index contributed by atoms with van der Waals surface area (Å²) in [6.07, 6.45) is 1.18. The number of alkyl halides is 1. The summed E-state index contributed by atoms with van der Waals surface area (Å²) < 4.78 is 14.8. The topological polar surface area (TPSA) is 81.1 Å². The smallest absolute Gasteiger partial charge is 0.349 e. The minimum Gasteiger partial charge on any atom is -0.396 e. The van der Waals surface area contributed by atoms with Crippen LogP contribution in [0.4, 0.5) is 10.2 Å². The van der Waals surface area contributed by atoms with E-state index in [4.69, 9.17) is 10.8 Å². The van der Waals surface area contributed by atoms with E-state index in [1.807, 2.05) is 0 Å². The largest absolute Gasteiger partial charge is 0.396 e. The molecule has 6 heteroatoms. The summed E-state index contributed by atoms with van der Waals surface area (Å²) in [6, 6.07) is 1.29. The molecule has 3 unspecified atom stereocenters. The van der Waals surface area contributed by atoms with Crippen LogP contribution in [-0.2, 0) is 0 Å². The molecule has 3 atom stereocenters. The van der Waals surface area contributed by atoms with Gasteiger partial charge in [-0.2, -0.15) is 4.98 Å². The summed E-state index contributed by atoms with van der Waals surface area (Å²) in [7, 11) is 0. The van der Waals surface area contributed by atoms with Gasteiger partial charge >= 0.3 is 5.69 Å². The maximum Gasteiger partial charge on any atom is 0.349 e. The molecule has 0 saturated heterocycles. The van der Waals surface area contributed by atoms with Crippen molar-refractivity contribution >= 4 is 5.82 Å². The molecule has 1 aliphatic rings. The average Bonchev–Trinajstić information content (AvgIpc) is 2.59. The Morgan fingerprint density at radius 1 is 1.62 bits per heavy atom. The Morgan fingerprint density at radius 2 is 2.38 bits per heavy atom. The van der Waals surface area contributed by atoms with E-state index in [9.17, 15) is 9.18 Å². The van der Waals surface area contributed by atoms with E-state index in [0.717, 1.165) is 0 Å². The molecule has 1 aliphatic carbocycles. The van der Waals surface area contributed by atoms with E-state index in [-0.39, 0.29) is 30.8 Å². The molecule has 1 aromatic heterocycles. The third-order valence-electron chi connectivity index (χ3n) is 3.06. The van der Waals surface area contributed by atoms with Crippen molar-refractivity contribution in [2.75, 3.05) is 12.3 Å². The molecule has 1 heterocycles. The van der Waals surface area contributed by atoms with Crippen molar-refractivity contribution in [2.45, 2.75) is 25.1 Å². The predicted octanol–water partition coefficient (Wildman–Crippen LogP) is 0.107. The van der Waals surface area contributed by atoms with E-state index in [1.165, 1.54) is 16.8 Å². The second-order valence-electron chi connectivity index (χ2n) is 4.13. The van der Waals surface area contributed by atoms with Crippen molar-refractivity contribution in [2.24, 2.45) is 5.92 Å². The highest BCUT2D eigenvalue weighted by Gasteiger charge is 2.35. The number of rotatable bonds is 2. The van der Waals surface area contributed by atoms with Gasteiger partial charge in [0, 0.05) is 24.8 Å². The molecule has 0 radical (unpaired) electrons. The number of aliphatic hydroxyl groups is 1. The Labute approximate surface area is 91.7 Å². The average molecular weight is 227 g/mol. The molecule has 0 aromatic carbocycles. The highest BCUT2D eigenvalue weighted by molar-refractivity contribution is 5.23. The third-order valence-corrected chi connectivity index (χ3v) is 3.06. The minimum atomic E-state index is -1.06. The van der Waals surface area contributed by atoms with Gasteiger partial charge in [-0.25, -0.2) is 9.18 Å². The molecule has 5 nitrogen and oxygen atoms in total. The lowest BCUT2D eigenvalue weighted by Gasteiger charge is -2.12. The zero-order chi connectivity index (χ0) is 11.7. The SMILES string of the molecule is Nc1ccn(C2CC(F)C(CO)C2)c(=O)n1. The first-order valence-electron chi connectivity index (χ1n) is 5.21. The highest BCUT2D eigenvalue weighted by Crippen LogP contribution is 2.35. The molecule has 0 aliphatic heterocycles. The molecule has 1 aromatic rings. The fourth-order valence-electron chi connectivity index (χ4n) is 2.17. The van der Waals surface area contributed by atoms with Crippen LogP contribution in [0.15, 0.2) is 17.1 Å². The number of aliphatic hydroxyl groups excluding tert-OH is 1. The summed E-state index contributed by atoms with van der Waals surface area (Å²) in [5.41, 5.74) is 4.91. The number of aromatic nitrogens is 2. The fraction of sp³-hybridized carbons (Fsp3) is 0.600. The molecule has 0 spiro atoms. The fourth-order valence-corrected chi connectivity index (χ4v) is 2.17. The van der Waals surface area contributed by atoms with Gasteiger partial charge in [-0.05, 0) is 18.9 Å². The summed E-state index contributed by atoms with van der Waals surface area (Å²) in [5, 5.41) is 8.95. The Kier molecular flexibility index (Phi) is 2.91. The Bertz CT molecular complexity index is 434. The van der Waals surface area contributed by atoms with Gasteiger partial charge in [-0.1, -0.05) is 0 Å². The molecule has 16 heavy (non-hydrogen) atoms. The van der Waals surface area contributed by atoms with Crippen LogP contribution in [0.3, 0.4) is 0 Å². The quantitative estimate of drug-likeness (QED) is 0.751.